The van der Waals surface area contributed by atoms with Gasteiger partial charge in [-0.05, 0) is 50.3 Å². The van der Waals surface area contributed by atoms with E-state index >= 15 is 0 Å². The molecule has 0 saturated heterocycles. The Balaban J connectivity index is 2.18. The van der Waals surface area contributed by atoms with Crippen LogP contribution in [0.25, 0.3) is 0 Å². The van der Waals surface area contributed by atoms with Crippen molar-refractivity contribution in [1.29, 1.82) is 0 Å². The average Bonchev–Trinajstić information content (AvgIpc) is 3.04. The van der Waals surface area contributed by atoms with Crippen molar-refractivity contribution in [2.24, 2.45) is 5.73 Å². The number of nitrogens with one attached hydrogen (secondary N) is 2. The second-order valence-electron chi connectivity index (χ2n) is 5.53. The van der Waals surface area contributed by atoms with Crippen molar-refractivity contribution < 1.29 is 17.9 Å². The van der Waals surface area contributed by atoms with Crippen LogP contribution in [-0.4, -0.2) is 26.5 Å². The summed E-state index contributed by atoms with van der Waals surface area (Å²) in [6, 6.07) is 7.99. The molecule has 2 aromatic rings. The van der Waals surface area contributed by atoms with E-state index in [-0.39, 0.29) is 15.2 Å². The van der Waals surface area contributed by atoms with Gasteiger partial charge in [0.25, 0.3) is 15.9 Å². The van der Waals surface area contributed by atoms with Crippen LogP contribution in [0, 0.1) is 6.92 Å². The van der Waals surface area contributed by atoms with Crippen LogP contribution in [0.15, 0.2) is 34.5 Å². The van der Waals surface area contributed by atoms with Gasteiger partial charge in [-0.1, -0.05) is 11.6 Å². The van der Waals surface area contributed by atoms with Crippen LogP contribution >= 0.6 is 23.6 Å². The number of aryl methyl sites for hydroxylation is 1. The Morgan fingerprint density at radius 3 is 2.62 bits per heavy atom. The zero-order chi connectivity index (χ0) is 19.5. The smallest absolute Gasteiger partial charge is 0.273 e. The molecule has 4 N–H and O–H groups in total. The van der Waals surface area contributed by atoms with Crippen LogP contribution in [0.4, 0.5) is 0 Å². The number of methoxy groups -OCH3 is 1. The van der Waals surface area contributed by atoms with Gasteiger partial charge in [0, 0.05) is 4.88 Å². The fourth-order valence-electron chi connectivity index (χ4n) is 2.24. The molecule has 1 atom stereocenters. The minimum Gasteiger partial charge on any atom is -0.496 e. The molecule has 0 aliphatic heterocycles. The van der Waals surface area contributed by atoms with Gasteiger partial charge in [-0.2, -0.15) is 0 Å². The monoisotopic (exact) mass is 413 g/mol. The Hall–Kier alpha value is -2.17. The topological polar surface area (TPSA) is 111 Å². The number of ether oxygens (including phenoxy) is 1. The molecule has 0 aliphatic rings. The fraction of sp³-hybridized carbons (Fsp3) is 0.250. The van der Waals surface area contributed by atoms with Crippen LogP contribution in [0.1, 0.15) is 33.8 Å². The lowest BCUT2D eigenvalue weighted by Crippen LogP contribution is -2.34. The van der Waals surface area contributed by atoms with Gasteiger partial charge in [0.15, 0.2) is 5.11 Å². The van der Waals surface area contributed by atoms with E-state index in [4.69, 9.17) is 10.5 Å². The van der Waals surface area contributed by atoms with Gasteiger partial charge in [0.1, 0.15) is 9.96 Å². The number of sulfonamides is 1. The maximum atomic E-state index is 12.6. The summed E-state index contributed by atoms with van der Waals surface area (Å²) in [4.78, 5) is 13.2. The number of hydrogen-bond acceptors (Lipinski definition) is 6. The van der Waals surface area contributed by atoms with E-state index in [9.17, 15) is 13.2 Å². The Morgan fingerprint density at radius 1 is 1.31 bits per heavy atom. The first-order chi connectivity index (χ1) is 12.1. The summed E-state index contributed by atoms with van der Waals surface area (Å²) in [5.41, 5.74) is 6.57. The Labute approximate surface area is 161 Å². The summed E-state index contributed by atoms with van der Waals surface area (Å²) >= 11 is 5.60. The highest BCUT2D eigenvalue weighted by Gasteiger charge is 2.21. The van der Waals surface area contributed by atoms with E-state index in [1.54, 1.807) is 25.1 Å². The molecule has 1 heterocycles. The molecule has 0 spiro atoms. The molecule has 0 fully saturated rings. The summed E-state index contributed by atoms with van der Waals surface area (Å²) in [7, 11) is -2.30. The number of rotatable bonds is 6. The van der Waals surface area contributed by atoms with E-state index in [1.807, 2.05) is 13.0 Å². The third-order valence-corrected chi connectivity index (χ3v) is 6.83. The fourth-order valence-corrected chi connectivity index (χ4v) is 4.77. The molecule has 0 saturated carbocycles. The quantitative estimate of drug-likeness (QED) is 0.626. The maximum Gasteiger partial charge on any atom is 0.273 e. The second-order valence-corrected chi connectivity index (χ2v) is 8.99. The highest BCUT2D eigenvalue weighted by atomic mass is 32.2. The minimum atomic E-state index is -3.80. The summed E-state index contributed by atoms with van der Waals surface area (Å²) in [6.07, 6.45) is 0. The first kappa shape index (κ1) is 20.1. The first-order valence-electron chi connectivity index (χ1n) is 7.51. The molecule has 1 aromatic carbocycles. The van der Waals surface area contributed by atoms with Gasteiger partial charge in [-0.15, -0.1) is 11.3 Å². The Morgan fingerprint density at radius 2 is 2.00 bits per heavy atom. The van der Waals surface area contributed by atoms with E-state index in [0.29, 0.717) is 16.2 Å². The molecule has 0 radical (unpaired) electrons. The lowest BCUT2D eigenvalue weighted by molar-refractivity contribution is 0.0937. The number of carbonyl (C=O) groups excluding carboxylic acids is 1. The van der Waals surface area contributed by atoms with E-state index in [0.717, 1.165) is 16.9 Å². The van der Waals surface area contributed by atoms with Gasteiger partial charge in [-0.3, -0.25) is 9.52 Å². The minimum absolute atomic E-state index is 0.0644. The number of nitrogens with two attached hydrogens (primary N) is 1. The number of hydrogen-bond donors (Lipinski definition) is 3. The average molecular weight is 414 g/mol. The van der Waals surface area contributed by atoms with Crippen molar-refractivity contribution in [3.63, 3.8) is 0 Å². The number of thiophene rings is 1. The zero-order valence-corrected chi connectivity index (χ0v) is 16.8. The van der Waals surface area contributed by atoms with E-state index in [1.165, 1.54) is 13.2 Å². The van der Waals surface area contributed by atoms with Gasteiger partial charge < -0.3 is 15.8 Å². The second kappa shape index (κ2) is 8.02. The molecule has 10 heteroatoms. The lowest BCUT2D eigenvalue weighted by Gasteiger charge is -2.14. The normalized spacial score (nSPS) is 12.3. The highest BCUT2D eigenvalue weighted by Crippen LogP contribution is 2.27. The van der Waals surface area contributed by atoms with Crippen molar-refractivity contribution >= 4 is 44.6 Å². The summed E-state index contributed by atoms with van der Waals surface area (Å²) in [6.45, 7) is 3.65. The molecule has 1 unspecified atom stereocenters. The number of amides is 1. The predicted octanol–water partition coefficient (Wildman–Crippen LogP) is 2.08. The number of carbonyl (C=O) groups is 1. The molecular weight excluding hydrogens is 394 g/mol. The molecule has 7 nitrogen and oxygen atoms in total. The summed E-state index contributed by atoms with van der Waals surface area (Å²) in [5.74, 6) is 0.160. The standard InChI is InChI=1S/C16H19N3O4S3/c1-9-4-5-12(23-3)11(8-9)15(20)18-10(2)13-6-7-14(25-13)26(21,22)19-16(17)24/h4-8,10H,1-3H3,(H,18,20)(H3,17,19,24). The summed E-state index contributed by atoms with van der Waals surface area (Å²) < 4.78 is 31.5. The molecule has 26 heavy (non-hydrogen) atoms. The third kappa shape index (κ3) is 4.71. The zero-order valence-electron chi connectivity index (χ0n) is 14.4. The van der Waals surface area contributed by atoms with Crippen LogP contribution in [0.3, 0.4) is 0 Å². The highest BCUT2D eigenvalue weighted by molar-refractivity contribution is 7.93. The van der Waals surface area contributed by atoms with Gasteiger partial charge in [0.05, 0.1) is 18.7 Å². The molecule has 140 valence electrons. The van der Waals surface area contributed by atoms with Crippen molar-refractivity contribution in [3.05, 3.63) is 46.3 Å². The van der Waals surface area contributed by atoms with Crippen LogP contribution in [0.2, 0.25) is 0 Å². The van der Waals surface area contributed by atoms with Crippen LogP contribution in [0.5, 0.6) is 5.75 Å². The summed E-state index contributed by atoms with van der Waals surface area (Å²) in [5, 5.41) is 2.52. The first-order valence-corrected chi connectivity index (χ1v) is 10.2. The Bertz CT molecular complexity index is 938. The van der Waals surface area contributed by atoms with Gasteiger partial charge >= 0.3 is 0 Å². The molecular formula is C16H19N3O4S3. The third-order valence-electron chi connectivity index (χ3n) is 3.48. The van der Waals surface area contributed by atoms with Crippen molar-refractivity contribution in [3.8, 4) is 5.75 Å². The van der Waals surface area contributed by atoms with Gasteiger partial charge in [-0.25, -0.2) is 8.42 Å². The largest absolute Gasteiger partial charge is 0.496 e. The van der Waals surface area contributed by atoms with Crippen LogP contribution in [-0.2, 0) is 10.0 Å². The number of thiocarbonyl (C=S) groups is 1. The molecule has 0 bridgehead atoms. The molecule has 1 amide bonds. The van der Waals surface area contributed by atoms with Gasteiger partial charge in [0.2, 0.25) is 0 Å². The maximum absolute atomic E-state index is 12.6. The van der Waals surface area contributed by atoms with Crippen molar-refractivity contribution in [1.82, 2.24) is 10.0 Å². The van der Waals surface area contributed by atoms with E-state index < -0.39 is 16.1 Å². The van der Waals surface area contributed by atoms with Crippen LogP contribution < -0.4 is 20.5 Å². The predicted molar refractivity (Wildman–Crippen MR) is 105 cm³/mol. The number of benzene rings is 1. The lowest BCUT2D eigenvalue weighted by atomic mass is 10.1. The Kier molecular flexibility index (Phi) is 6.21. The molecule has 0 aliphatic carbocycles. The van der Waals surface area contributed by atoms with Crippen molar-refractivity contribution in [2.75, 3.05) is 7.11 Å². The van der Waals surface area contributed by atoms with Crippen molar-refractivity contribution in [2.45, 2.75) is 24.1 Å². The SMILES string of the molecule is COc1ccc(C)cc1C(=O)NC(C)c1ccc(S(=O)(=O)NC(N)=S)s1. The molecule has 2 rings (SSSR count). The molecule has 1 aromatic heterocycles. The van der Waals surface area contributed by atoms with E-state index in [2.05, 4.69) is 22.3 Å².